The van der Waals surface area contributed by atoms with E-state index in [4.69, 9.17) is 0 Å². The van der Waals surface area contributed by atoms with E-state index in [1.165, 1.54) is 4.90 Å². The number of carbonyl (C=O) groups is 3. The maximum atomic E-state index is 12.2. The Balaban J connectivity index is 1.49. The fraction of sp³-hybridized carbons (Fsp3) is 0.333. The van der Waals surface area contributed by atoms with Gasteiger partial charge in [0.2, 0.25) is 5.91 Å². The first-order valence-corrected chi connectivity index (χ1v) is 9.02. The number of hydrogen-bond acceptors (Lipinski definition) is 5. The molecule has 0 aliphatic carbocycles. The Morgan fingerprint density at radius 2 is 1.88 bits per heavy atom. The largest absolute Gasteiger partial charge is 0.348 e. The van der Waals surface area contributed by atoms with Crippen LogP contribution >= 0.6 is 11.3 Å². The number of hydrogen-bond donors (Lipinski definition) is 1. The molecule has 0 saturated heterocycles. The third-order valence-corrected chi connectivity index (χ3v) is 4.91. The topological polar surface area (TPSA) is 79.4 Å². The number of thiazole rings is 1. The molecule has 1 aromatic carbocycles. The number of carbonyl (C=O) groups excluding carboxylic acids is 3. The van der Waals surface area contributed by atoms with Gasteiger partial charge in [0.1, 0.15) is 0 Å². The van der Waals surface area contributed by atoms with Crippen LogP contribution < -0.4 is 5.32 Å². The van der Waals surface area contributed by atoms with Gasteiger partial charge in [-0.05, 0) is 32.4 Å². The minimum absolute atomic E-state index is 0.116. The molecule has 3 amide bonds. The molecule has 3 rings (SSSR count). The highest BCUT2D eigenvalue weighted by Crippen LogP contribution is 2.22. The maximum absolute atomic E-state index is 12.2. The lowest BCUT2D eigenvalue weighted by atomic mass is 10.1. The number of amides is 3. The lowest BCUT2D eigenvalue weighted by Crippen LogP contribution is -2.32. The van der Waals surface area contributed by atoms with Gasteiger partial charge < -0.3 is 5.32 Å². The molecule has 6 nitrogen and oxygen atoms in total. The van der Waals surface area contributed by atoms with Crippen LogP contribution in [0.2, 0.25) is 0 Å². The Morgan fingerprint density at radius 3 is 2.44 bits per heavy atom. The average Bonchev–Trinajstić information content (AvgIpc) is 3.13. The number of aromatic nitrogens is 1. The summed E-state index contributed by atoms with van der Waals surface area (Å²) >= 11 is 1.54. The molecule has 1 unspecified atom stereocenters. The van der Waals surface area contributed by atoms with Crippen molar-refractivity contribution in [2.45, 2.75) is 32.7 Å². The average molecular weight is 357 g/mol. The van der Waals surface area contributed by atoms with Crippen LogP contribution in [0.4, 0.5) is 0 Å². The number of fused-ring (bicyclic) bond motifs is 1. The number of imide groups is 1. The Labute approximate surface area is 149 Å². The van der Waals surface area contributed by atoms with Gasteiger partial charge in [0.25, 0.3) is 11.8 Å². The van der Waals surface area contributed by atoms with Gasteiger partial charge in [-0.2, -0.15) is 0 Å². The van der Waals surface area contributed by atoms with E-state index in [0.29, 0.717) is 17.5 Å². The Hall–Kier alpha value is -2.54. The van der Waals surface area contributed by atoms with Gasteiger partial charge in [0, 0.05) is 18.3 Å². The molecule has 1 aliphatic heterocycles. The van der Waals surface area contributed by atoms with Crippen molar-refractivity contribution in [2.75, 3.05) is 6.54 Å². The summed E-state index contributed by atoms with van der Waals surface area (Å²) in [6.07, 6.45) is 0.682. The molecule has 0 bridgehead atoms. The molecule has 7 heteroatoms. The third kappa shape index (κ3) is 3.61. The number of aryl methyl sites for hydroxylation is 1. The zero-order valence-electron chi connectivity index (χ0n) is 14.1. The van der Waals surface area contributed by atoms with E-state index in [9.17, 15) is 14.4 Å². The minimum atomic E-state index is -0.285. The summed E-state index contributed by atoms with van der Waals surface area (Å²) in [7, 11) is 0. The van der Waals surface area contributed by atoms with E-state index in [-0.39, 0.29) is 36.7 Å². The first-order chi connectivity index (χ1) is 12.0. The zero-order chi connectivity index (χ0) is 18.0. The van der Waals surface area contributed by atoms with Crippen molar-refractivity contribution >= 4 is 29.1 Å². The second-order valence-electron chi connectivity index (χ2n) is 5.99. The normalized spacial score (nSPS) is 14.6. The van der Waals surface area contributed by atoms with Crippen molar-refractivity contribution < 1.29 is 14.4 Å². The van der Waals surface area contributed by atoms with Crippen LogP contribution in [0.25, 0.3) is 0 Å². The van der Waals surface area contributed by atoms with E-state index >= 15 is 0 Å². The molecule has 25 heavy (non-hydrogen) atoms. The SMILES string of the molecule is Cc1nc(C(C)NC(=O)CCCN2C(=O)c3ccccc3C2=O)cs1. The highest BCUT2D eigenvalue weighted by Gasteiger charge is 2.34. The number of benzene rings is 1. The molecule has 2 aromatic rings. The summed E-state index contributed by atoms with van der Waals surface area (Å²) in [5.74, 6) is -0.686. The van der Waals surface area contributed by atoms with E-state index in [0.717, 1.165) is 10.7 Å². The predicted octanol–water partition coefficient (Wildman–Crippen LogP) is 2.71. The van der Waals surface area contributed by atoms with Crippen molar-refractivity contribution in [3.8, 4) is 0 Å². The Morgan fingerprint density at radius 1 is 1.24 bits per heavy atom. The van der Waals surface area contributed by atoms with Crippen molar-refractivity contribution in [3.63, 3.8) is 0 Å². The van der Waals surface area contributed by atoms with Gasteiger partial charge >= 0.3 is 0 Å². The highest BCUT2D eigenvalue weighted by molar-refractivity contribution is 7.09. The molecule has 130 valence electrons. The van der Waals surface area contributed by atoms with Crippen molar-refractivity contribution in [2.24, 2.45) is 0 Å². The highest BCUT2D eigenvalue weighted by atomic mass is 32.1. The molecule has 0 radical (unpaired) electrons. The lowest BCUT2D eigenvalue weighted by molar-refractivity contribution is -0.121. The van der Waals surface area contributed by atoms with Gasteiger partial charge in [0.15, 0.2) is 0 Å². The fourth-order valence-electron chi connectivity index (χ4n) is 2.81. The molecule has 1 aliphatic rings. The zero-order valence-corrected chi connectivity index (χ0v) is 14.9. The van der Waals surface area contributed by atoms with Gasteiger partial charge in [-0.3, -0.25) is 19.3 Å². The first-order valence-electron chi connectivity index (χ1n) is 8.14. The van der Waals surface area contributed by atoms with Crippen molar-refractivity contribution in [1.82, 2.24) is 15.2 Å². The molecule has 0 spiro atoms. The van der Waals surface area contributed by atoms with E-state index in [1.807, 2.05) is 19.2 Å². The van der Waals surface area contributed by atoms with Gasteiger partial charge in [-0.25, -0.2) is 4.98 Å². The molecule has 2 heterocycles. The monoisotopic (exact) mass is 357 g/mol. The van der Waals surface area contributed by atoms with Crippen LogP contribution in [0.15, 0.2) is 29.6 Å². The van der Waals surface area contributed by atoms with E-state index < -0.39 is 0 Å². The summed E-state index contributed by atoms with van der Waals surface area (Å²) in [5.41, 5.74) is 1.71. The summed E-state index contributed by atoms with van der Waals surface area (Å²) in [6, 6.07) is 6.63. The summed E-state index contributed by atoms with van der Waals surface area (Å²) in [5, 5.41) is 5.78. The summed E-state index contributed by atoms with van der Waals surface area (Å²) < 4.78 is 0. The van der Waals surface area contributed by atoms with Crippen LogP contribution in [-0.4, -0.2) is 34.2 Å². The second kappa shape index (κ2) is 7.14. The molecule has 0 fully saturated rings. The predicted molar refractivity (Wildman–Crippen MR) is 94.5 cm³/mol. The molecule has 1 atom stereocenters. The van der Waals surface area contributed by atoms with Crippen LogP contribution in [0.5, 0.6) is 0 Å². The Kier molecular flexibility index (Phi) is 4.94. The standard InChI is InChI=1S/C18H19N3O3S/c1-11(15-10-25-12(2)20-15)19-16(22)8-5-9-21-17(23)13-6-3-4-7-14(13)18(21)24/h3-4,6-7,10-11H,5,8-9H2,1-2H3,(H,19,22). The van der Waals surface area contributed by atoms with Crippen LogP contribution in [0.3, 0.4) is 0 Å². The number of nitrogens with one attached hydrogen (secondary N) is 1. The minimum Gasteiger partial charge on any atom is -0.348 e. The molecular weight excluding hydrogens is 338 g/mol. The molecule has 0 saturated carbocycles. The van der Waals surface area contributed by atoms with Crippen LogP contribution in [-0.2, 0) is 4.79 Å². The first kappa shape index (κ1) is 17.3. The maximum Gasteiger partial charge on any atom is 0.261 e. The second-order valence-corrected chi connectivity index (χ2v) is 7.05. The fourth-order valence-corrected chi connectivity index (χ4v) is 3.51. The quantitative estimate of drug-likeness (QED) is 0.806. The van der Waals surface area contributed by atoms with Crippen molar-refractivity contribution in [3.05, 3.63) is 51.5 Å². The van der Waals surface area contributed by atoms with Crippen LogP contribution in [0.1, 0.15) is 57.2 Å². The van der Waals surface area contributed by atoms with E-state index in [2.05, 4.69) is 10.3 Å². The third-order valence-electron chi connectivity index (χ3n) is 4.12. The van der Waals surface area contributed by atoms with Gasteiger partial charge in [0.05, 0.1) is 27.9 Å². The molecule has 1 N–H and O–H groups in total. The molecule has 1 aromatic heterocycles. The van der Waals surface area contributed by atoms with Gasteiger partial charge in [-0.15, -0.1) is 11.3 Å². The van der Waals surface area contributed by atoms with Gasteiger partial charge in [-0.1, -0.05) is 12.1 Å². The number of rotatable bonds is 6. The summed E-state index contributed by atoms with van der Waals surface area (Å²) in [6.45, 7) is 4.05. The molecular formula is C18H19N3O3S. The smallest absolute Gasteiger partial charge is 0.261 e. The Bertz CT molecular complexity index is 795. The summed E-state index contributed by atoms with van der Waals surface area (Å²) in [4.78, 5) is 42.1. The van der Waals surface area contributed by atoms with Crippen LogP contribution in [0, 0.1) is 6.92 Å². The van der Waals surface area contributed by atoms with Crippen molar-refractivity contribution in [1.29, 1.82) is 0 Å². The number of nitrogens with zero attached hydrogens (tertiary/aromatic N) is 2. The lowest BCUT2D eigenvalue weighted by Gasteiger charge is -2.15. The van der Waals surface area contributed by atoms with E-state index in [1.54, 1.807) is 35.6 Å².